The molecule has 5 nitrogen and oxygen atoms in total. The SMILES string of the molecule is O=Cc1cc(N2CC[C@@H](CO)C2)ccc1C(=O)O. The first-order chi connectivity index (χ1) is 8.65. The lowest BCUT2D eigenvalue weighted by Gasteiger charge is -2.19. The van der Waals surface area contributed by atoms with Gasteiger partial charge in [-0.1, -0.05) is 0 Å². The van der Waals surface area contributed by atoms with Crippen LogP contribution in [0.3, 0.4) is 0 Å². The van der Waals surface area contributed by atoms with E-state index in [0.29, 0.717) is 6.29 Å². The second kappa shape index (κ2) is 5.18. The second-order valence-corrected chi connectivity index (χ2v) is 4.48. The molecule has 1 fully saturated rings. The van der Waals surface area contributed by atoms with E-state index in [2.05, 4.69) is 4.90 Å². The minimum atomic E-state index is -1.10. The van der Waals surface area contributed by atoms with E-state index in [4.69, 9.17) is 10.2 Å². The van der Waals surface area contributed by atoms with Gasteiger partial charge in [0.2, 0.25) is 0 Å². The van der Waals surface area contributed by atoms with Crippen molar-refractivity contribution in [2.45, 2.75) is 6.42 Å². The lowest BCUT2D eigenvalue weighted by atomic mass is 10.1. The third-order valence-corrected chi connectivity index (χ3v) is 3.30. The van der Waals surface area contributed by atoms with E-state index in [0.717, 1.165) is 25.2 Å². The first-order valence-corrected chi connectivity index (χ1v) is 5.84. The standard InChI is InChI=1S/C13H15NO4/c15-7-9-3-4-14(6-9)11-1-2-12(13(17)18)10(5-11)8-16/h1-2,5,8-9,15H,3-4,6-7H2,(H,17,18)/t9-/m1/s1. The van der Waals surface area contributed by atoms with Gasteiger partial charge in [0.25, 0.3) is 0 Å². The number of carbonyl (C=O) groups excluding carboxylic acids is 1. The van der Waals surface area contributed by atoms with E-state index in [1.807, 2.05) is 0 Å². The lowest BCUT2D eigenvalue weighted by Crippen LogP contribution is -2.21. The summed E-state index contributed by atoms with van der Waals surface area (Å²) in [6, 6.07) is 4.75. The highest BCUT2D eigenvalue weighted by Gasteiger charge is 2.22. The molecule has 1 aliphatic heterocycles. The average Bonchev–Trinajstić information content (AvgIpc) is 2.86. The smallest absolute Gasteiger partial charge is 0.336 e. The molecule has 0 bridgehead atoms. The first-order valence-electron chi connectivity index (χ1n) is 5.84. The van der Waals surface area contributed by atoms with Crippen LogP contribution in [0, 0.1) is 5.92 Å². The summed E-state index contributed by atoms with van der Waals surface area (Å²) < 4.78 is 0. The minimum Gasteiger partial charge on any atom is -0.478 e. The maximum absolute atomic E-state index is 10.9. The molecule has 0 radical (unpaired) electrons. The van der Waals surface area contributed by atoms with Crippen molar-refractivity contribution in [2.24, 2.45) is 5.92 Å². The maximum atomic E-state index is 10.9. The molecule has 1 aromatic carbocycles. The van der Waals surface area contributed by atoms with Gasteiger partial charge in [-0.05, 0) is 24.6 Å². The van der Waals surface area contributed by atoms with Gasteiger partial charge in [-0.25, -0.2) is 4.79 Å². The molecule has 1 atom stereocenters. The van der Waals surface area contributed by atoms with Crippen LogP contribution in [0.25, 0.3) is 0 Å². The Hall–Kier alpha value is -1.88. The lowest BCUT2D eigenvalue weighted by molar-refractivity contribution is 0.0694. The molecule has 1 aliphatic rings. The van der Waals surface area contributed by atoms with Gasteiger partial charge < -0.3 is 15.1 Å². The molecule has 0 spiro atoms. The number of anilines is 1. The fourth-order valence-electron chi connectivity index (χ4n) is 2.26. The van der Waals surface area contributed by atoms with Gasteiger partial charge in [0.15, 0.2) is 6.29 Å². The average molecular weight is 249 g/mol. The molecule has 0 saturated carbocycles. The summed E-state index contributed by atoms with van der Waals surface area (Å²) in [7, 11) is 0. The topological polar surface area (TPSA) is 77.8 Å². The van der Waals surface area contributed by atoms with E-state index in [9.17, 15) is 9.59 Å². The van der Waals surface area contributed by atoms with Gasteiger partial charge in [0.1, 0.15) is 0 Å². The van der Waals surface area contributed by atoms with Crippen molar-refractivity contribution in [1.82, 2.24) is 0 Å². The van der Waals surface area contributed by atoms with Gasteiger partial charge in [0, 0.05) is 36.9 Å². The number of carboxylic acid groups (broad SMARTS) is 1. The number of carboxylic acids is 1. The van der Waals surface area contributed by atoms with Crippen molar-refractivity contribution in [3.8, 4) is 0 Å². The fraction of sp³-hybridized carbons (Fsp3) is 0.385. The van der Waals surface area contributed by atoms with Crippen LogP contribution in [0.2, 0.25) is 0 Å². The van der Waals surface area contributed by atoms with E-state index in [1.54, 1.807) is 12.1 Å². The van der Waals surface area contributed by atoms with E-state index >= 15 is 0 Å². The Balaban J connectivity index is 2.25. The molecule has 0 aromatic heterocycles. The van der Waals surface area contributed by atoms with Crippen LogP contribution in [-0.2, 0) is 0 Å². The number of benzene rings is 1. The Labute approximate surface area is 105 Å². The van der Waals surface area contributed by atoms with E-state index in [1.165, 1.54) is 6.07 Å². The van der Waals surface area contributed by atoms with Crippen LogP contribution < -0.4 is 4.90 Å². The third kappa shape index (κ3) is 2.36. The first kappa shape index (κ1) is 12.6. The van der Waals surface area contributed by atoms with Crippen molar-refractivity contribution >= 4 is 17.9 Å². The van der Waals surface area contributed by atoms with Crippen molar-refractivity contribution in [1.29, 1.82) is 0 Å². The Morgan fingerprint density at radius 1 is 1.50 bits per heavy atom. The highest BCUT2D eigenvalue weighted by atomic mass is 16.4. The highest BCUT2D eigenvalue weighted by molar-refractivity contribution is 5.98. The molecule has 5 heteroatoms. The monoisotopic (exact) mass is 249 g/mol. The quantitative estimate of drug-likeness (QED) is 0.779. The van der Waals surface area contributed by atoms with Crippen molar-refractivity contribution in [3.05, 3.63) is 29.3 Å². The van der Waals surface area contributed by atoms with Gasteiger partial charge in [-0.3, -0.25) is 4.79 Å². The Morgan fingerprint density at radius 2 is 2.28 bits per heavy atom. The zero-order valence-corrected chi connectivity index (χ0v) is 9.87. The highest BCUT2D eigenvalue weighted by Crippen LogP contribution is 2.25. The molecule has 96 valence electrons. The van der Waals surface area contributed by atoms with Crippen LogP contribution >= 0.6 is 0 Å². The van der Waals surface area contributed by atoms with Crippen molar-refractivity contribution in [3.63, 3.8) is 0 Å². The van der Waals surface area contributed by atoms with Gasteiger partial charge in [0.05, 0.1) is 5.56 Å². The minimum absolute atomic E-state index is 0.0201. The largest absolute Gasteiger partial charge is 0.478 e. The summed E-state index contributed by atoms with van der Waals surface area (Å²) in [6.45, 7) is 1.71. The van der Waals surface area contributed by atoms with Crippen LogP contribution in [0.5, 0.6) is 0 Å². The van der Waals surface area contributed by atoms with Crippen molar-refractivity contribution in [2.75, 3.05) is 24.6 Å². The number of aromatic carboxylic acids is 1. The Kier molecular flexibility index (Phi) is 3.62. The summed E-state index contributed by atoms with van der Waals surface area (Å²) >= 11 is 0. The zero-order valence-electron chi connectivity index (χ0n) is 9.87. The van der Waals surface area contributed by atoms with Gasteiger partial charge in [-0.2, -0.15) is 0 Å². The number of rotatable bonds is 4. The van der Waals surface area contributed by atoms with Crippen LogP contribution in [0.1, 0.15) is 27.1 Å². The summed E-state index contributed by atoms with van der Waals surface area (Å²) in [5, 5.41) is 18.0. The second-order valence-electron chi connectivity index (χ2n) is 4.48. The molecule has 0 unspecified atom stereocenters. The number of aldehydes is 1. The summed E-state index contributed by atoms with van der Waals surface area (Å²) in [5.41, 5.74) is 1.04. The van der Waals surface area contributed by atoms with Gasteiger partial charge >= 0.3 is 5.97 Å². The summed E-state index contributed by atoms with van der Waals surface area (Å²) in [4.78, 5) is 23.9. The Morgan fingerprint density at radius 3 is 2.83 bits per heavy atom. The molecular formula is C13H15NO4. The van der Waals surface area contributed by atoms with Crippen LogP contribution in [-0.4, -0.2) is 42.2 Å². The third-order valence-electron chi connectivity index (χ3n) is 3.30. The van der Waals surface area contributed by atoms with Crippen LogP contribution in [0.4, 0.5) is 5.69 Å². The molecular weight excluding hydrogens is 234 g/mol. The zero-order chi connectivity index (χ0) is 13.1. The number of hydrogen-bond donors (Lipinski definition) is 2. The maximum Gasteiger partial charge on any atom is 0.336 e. The molecule has 0 amide bonds. The predicted octanol–water partition coefficient (Wildman–Crippen LogP) is 1.02. The van der Waals surface area contributed by atoms with E-state index < -0.39 is 5.97 Å². The van der Waals surface area contributed by atoms with Gasteiger partial charge in [-0.15, -0.1) is 0 Å². The number of nitrogens with zero attached hydrogens (tertiary/aromatic N) is 1. The number of hydrogen-bond acceptors (Lipinski definition) is 4. The fourth-order valence-corrected chi connectivity index (χ4v) is 2.26. The molecule has 1 saturated heterocycles. The molecule has 2 N–H and O–H groups in total. The Bertz CT molecular complexity index is 472. The molecule has 1 heterocycles. The summed E-state index contributed by atoms with van der Waals surface area (Å²) in [5.74, 6) is -0.845. The molecule has 2 rings (SSSR count). The number of aliphatic hydroxyl groups is 1. The molecule has 18 heavy (non-hydrogen) atoms. The van der Waals surface area contributed by atoms with Crippen LogP contribution in [0.15, 0.2) is 18.2 Å². The number of aliphatic hydroxyl groups excluding tert-OH is 1. The predicted molar refractivity (Wildman–Crippen MR) is 66.2 cm³/mol. The number of carbonyl (C=O) groups is 2. The van der Waals surface area contributed by atoms with Crippen molar-refractivity contribution < 1.29 is 19.8 Å². The normalized spacial score (nSPS) is 18.9. The van der Waals surface area contributed by atoms with E-state index in [-0.39, 0.29) is 23.7 Å². The molecule has 0 aliphatic carbocycles. The summed E-state index contributed by atoms with van der Waals surface area (Å²) in [6.07, 6.45) is 1.47. The molecule has 1 aromatic rings.